The maximum atomic E-state index is 12.6. The fourth-order valence-corrected chi connectivity index (χ4v) is 4.93. The molecule has 0 unspecified atom stereocenters. The van der Waals surface area contributed by atoms with Gasteiger partial charge in [-0.05, 0) is 29.5 Å². The van der Waals surface area contributed by atoms with Crippen molar-refractivity contribution in [3.8, 4) is 22.5 Å². The van der Waals surface area contributed by atoms with E-state index in [1.165, 1.54) is 23.6 Å². The van der Waals surface area contributed by atoms with Crippen LogP contribution in [0.3, 0.4) is 0 Å². The predicted molar refractivity (Wildman–Crippen MR) is 116 cm³/mol. The molecule has 152 valence electrons. The number of furan rings is 1. The van der Waals surface area contributed by atoms with Crippen molar-refractivity contribution in [3.05, 3.63) is 62.9 Å². The summed E-state index contributed by atoms with van der Waals surface area (Å²) in [5.74, 6) is -1.21. The SMILES string of the molecule is CC(C)(C)[C@@H]1Cc2c(cc(-c3cscn3)c3occc23)-c2cc(=O)c(C(=O)O)cn21. The normalized spacial score (nSPS) is 15.8. The molecule has 4 aromatic rings. The molecule has 0 saturated carbocycles. The van der Waals surface area contributed by atoms with Crippen molar-refractivity contribution < 1.29 is 14.3 Å². The first-order valence-electron chi connectivity index (χ1n) is 9.67. The second kappa shape index (κ2) is 6.40. The Labute approximate surface area is 176 Å². The average Bonchev–Trinajstić information content (AvgIpc) is 3.37. The van der Waals surface area contributed by atoms with Crippen LogP contribution in [0, 0.1) is 5.41 Å². The van der Waals surface area contributed by atoms with E-state index in [1.807, 2.05) is 22.1 Å². The van der Waals surface area contributed by atoms with Crippen LogP contribution in [-0.4, -0.2) is 20.6 Å². The van der Waals surface area contributed by atoms with E-state index in [9.17, 15) is 14.7 Å². The van der Waals surface area contributed by atoms with Gasteiger partial charge in [0.2, 0.25) is 0 Å². The quantitative estimate of drug-likeness (QED) is 0.480. The Morgan fingerprint density at radius 3 is 2.77 bits per heavy atom. The lowest BCUT2D eigenvalue weighted by atomic mass is 9.77. The van der Waals surface area contributed by atoms with Crippen molar-refractivity contribution in [2.24, 2.45) is 5.41 Å². The number of aromatic nitrogens is 2. The third-order valence-electron chi connectivity index (χ3n) is 5.88. The topological polar surface area (TPSA) is 85.3 Å². The third-order valence-corrected chi connectivity index (χ3v) is 6.46. The first-order valence-corrected chi connectivity index (χ1v) is 10.6. The monoisotopic (exact) mass is 420 g/mol. The highest BCUT2D eigenvalue weighted by atomic mass is 32.1. The van der Waals surface area contributed by atoms with E-state index < -0.39 is 11.4 Å². The summed E-state index contributed by atoms with van der Waals surface area (Å²) >= 11 is 1.51. The van der Waals surface area contributed by atoms with Gasteiger partial charge in [0, 0.05) is 40.2 Å². The molecule has 30 heavy (non-hydrogen) atoms. The van der Waals surface area contributed by atoms with Crippen LogP contribution in [0.5, 0.6) is 0 Å². The zero-order valence-electron chi connectivity index (χ0n) is 16.8. The Balaban J connectivity index is 1.88. The number of nitrogens with zero attached hydrogens (tertiary/aromatic N) is 2. The Kier molecular flexibility index (Phi) is 4.02. The minimum absolute atomic E-state index is 0.0121. The molecule has 1 aliphatic rings. The number of thiazole rings is 1. The fraction of sp³-hybridized carbons (Fsp3) is 0.261. The fourth-order valence-electron chi connectivity index (χ4n) is 4.38. The molecule has 0 spiro atoms. The number of hydrogen-bond acceptors (Lipinski definition) is 5. The highest BCUT2D eigenvalue weighted by Crippen LogP contribution is 2.47. The molecule has 1 aromatic carbocycles. The smallest absolute Gasteiger partial charge is 0.341 e. The minimum atomic E-state index is -1.21. The number of aromatic carboxylic acids is 1. The molecule has 6 nitrogen and oxygen atoms in total. The van der Waals surface area contributed by atoms with Crippen LogP contribution in [0.25, 0.3) is 33.5 Å². The molecule has 0 radical (unpaired) electrons. The molecular weight excluding hydrogens is 400 g/mol. The molecule has 3 aromatic heterocycles. The summed E-state index contributed by atoms with van der Waals surface area (Å²) in [4.78, 5) is 28.7. The number of carboxylic acid groups (broad SMARTS) is 1. The standard InChI is InChI=1S/C23H20N2O4S/c1-23(2,3)20-7-13-12-4-5-29-21(12)15(17-10-30-11-24-17)6-14(13)18-8-19(26)16(22(27)28)9-25(18)20/h4-6,8-11,20H,7H2,1-3H3,(H,27,28)/t20-/m0/s1. The van der Waals surface area contributed by atoms with Gasteiger partial charge in [-0.3, -0.25) is 4.79 Å². The van der Waals surface area contributed by atoms with E-state index in [4.69, 9.17) is 4.42 Å². The summed E-state index contributed by atoms with van der Waals surface area (Å²) in [5, 5.41) is 12.5. The number of carbonyl (C=O) groups is 1. The van der Waals surface area contributed by atoms with Crippen molar-refractivity contribution >= 4 is 28.3 Å². The van der Waals surface area contributed by atoms with Gasteiger partial charge in [0.25, 0.3) is 0 Å². The van der Waals surface area contributed by atoms with Crippen LogP contribution in [0.4, 0.5) is 0 Å². The molecule has 1 aliphatic heterocycles. The number of benzene rings is 1. The molecule has 1 N–H and O–H groups in total. The van der Waals surface area contributed by atoms with Gasteiger partial charge in [0.1, 0.15) is 11.1 Å². The summed E-state index contributed by atoms with van der Waals surface area (Å²) in [5.41, 5.74) is 6.15. The van der Waals surface area contributed by atoms with E-state index in [1.54, 1.807) is 11.8 Å². The number of pyridine rings is 1. The van der Waals surface area contributed by atoms with Crippen LogP contribution < -0.4 is 5.43 Å². The molecular formula is C23H20N2O4S. The van der Waals surface area contributed by atoms with Gasteiger partial charge in [0.15, 0.2) is 5.43 Å². The van der Waals surface area contributed by atoms with Crippen LogP contribution in [0.15, 0.2) is 50.8 Å². The van der Waals surface area contributed by atoms with E-state index in [2.05, 4.69) is 25.8 Å². The van der Waals surface area contributed by atoms with Crippen molar-refractivity contribution in [2.45, 2.75) is 33.2 Å². The Bertz CT molecular complexity index is 1360. The van der Waals surface area contributed by atoms with Gasteiger partial charge in [-0.2, -0.15) is 0 Å². The molecule has 0 fully saturated rings. The maximum absolute atomic E-state index is 12.6. The molecule has 5 rings (SSSR count). The molecule has 0 amide bonds. The Morgan fingerprint density at radius 1 is 1.30 bits per heavy atom. The lowest BCUT2D eigenvalue weighted by Crippen LogP contribution is -2.32. The van der Waals surface area contributed by atoms with Crippen LogP contribution in [0.2, 0.25) is 0 Å². The molecule has 4 heterocycles. The highest BCUT2D eigenvalue weighted by molar-refractivity contribution is 7.07. The number of hydrogen-bond donors (Lipinski definition) is 1. The predicted octanol–water partition coefficient (Wildman–Crippen LogP) is 5.23. The largest absolute Gasteiger partial charge is 0.477 e. The van der Waals surface area contributed by atoms with E-state index >= 15 is 0 Å². The van der Waals surface area contributed by atoms with Crippen molar-refractivity contribution in [2.75, 3.05) is 0 Å². The molecule has 0 saturated heterocycles. The lowest BCUT2D eigenvalue weighted by molar-refractivity contribution is 0.0693. The van der Waals surface area contributed by atoms with E-state index in [-0.39, 0.29) is 17.0 Å². The number of fused-ring (bicyclic) bond motifs is 5. The summed E-state index contributed by atoms with van der Waals surface area (Å²) < 4.78 is 7.80. The first kappa shape index (κ1) is 18.8. The van der Waals surface area contributed by atoms with Gasteiger partial charge < -0.3 is 14.1 Å². The molecule has 0 bridgehead atoms. The van der Waals surface area contributed by atoms with Crippen LogP contribution >= 0.6 is 11.3 Å². The van der Waals surface area contributed by atoms with Gasteiger partial charge in [-0.25, -0.2) is 9.78 Å². The first-order chi connectivity index (χ1) is 14.3. The lowest BCUT2D eigenvalue weighted by Gasteiger charge is -2.39. The molecule has 7 heteroatoms. The number of carboxylic acids is 1. The zero-order chi connectivity index (χ0) is 21.2. The van der Waals surface area contributed by atoms with Gasteiger partial charge in [-0.15, -0.1) is 11.3 Å². The Morgan fingerprint density at radius 2 is 2.10 bits per heavy atom. The van der Waals surface area contributed by atoms with Crippen LogP contribution in [-0.2, 0) is 6.42 Å². The molecule has 0 aliphatic carbocycles. The van der Waals surface area contributed by atoms with Crippen molar-refractivity contribution in [1.29, 1.82) is 0 Å². The van der Waals surface area contributed by atoms with Gasteiger partial charge in [-0.1, -0.05) is 20.8 Å². The van der Waals surface area contributed by atoms with Gasteiger partial charge in [0.05, 0.1) is 23.2 Å². The number of rotatable bonds is 2. The third kappa shape index (κ3) is 2.73. The van der Waals surface area contributed by atoms with Gasteiger partial charge >= 0.3 is 5.97 Å². The van der Waals surface area contributed by atoms with Crippen LogP contribution in [0.1, 0.15) is 42.7 Å². The minimum Gasteiger partial charge on any atom is -0.477 e. The van der Waals surface area contributed by atoms with E-state index in [0.717, 1.165) is 39.0 Å². The second-order valence-electron chi connectivity index (χ2n) is 8.72. The highest BCUT2D eigenvalue weighted by Gasteiger charge is 2.35. The van der Waals surface area contributed by atoms with E-state index in [0.29, 0.717) is 6.42 Å². The summed E-state index contributed by atoms with van der Waals surface area (Å²) in [7, 11) is 0. The van der Waals surface area contributed by atoms with Crippen molar-refractivity contribution in [3.63, 3.8) is 0 Å². The maximum Gasteiger partial charge on any atom is 0.341 e. The average molecular weight is 420 g/mol. The van der Waals surface area contributed by atoms with Crippen molar-refractivity contribution in [1.82, 2.24) is 9.55 Å². The zero-order valence-corrected chi connectivity index (χ0v) is 17.6. The summed E-state index contributed by atoms with van der Waals surface area (Å²) in [6.07, 6.45) is 3.89. The second-order valence-corrected chi connectivity index (χ2v) is 9.44. The summed E-state index contributed by atoms with van der Waals surface area (Å²) in [6, 6.07) is 5.42. The summed E-state index contributed by atoms with van der Waals surface area (Å²) in [6.45, 7) is 6.38. The molecule has 1 atom stereocenters. The Hall–Kier alpha value is -3.19.